The number of aliphatic hydroxyl groups is 1. The van der Waals surface area contributed by atoms with Gasteiger partial charge in [-0.25, -0.2) is 0 Å². The minimum atomic E-state index is -0.335. The van der Waals surface area contributed by atoms with Crippen LogP contribution in [-0.2, 0) is 4.74 Å². The van der Waals surface area contributed by atoms with Gasteiger partial charge in [0.05, 0.1) is 17.8 Å². The Balaban J connectivity index is 1.54. The van der Waals surface area contributed by atoms with Crippen LogP contribution in [0.1, 0.15) is 51.9 Å². The highest BCUT2D eigenvalue weighted by Gasteiger charge is 2.43. The van der Waals surface area contributed by atoms with Crippen LogP contribution in [0.4, 0.5) is 0 Å². The zero-order chi connectivity index (χ0) is 12.6. The van der Waals surface area contributed by atoms with Crippen LogP contribution in [0.2, 0.25) is 0 Å². The molecule has 2 heterocycles. The highest BCUT2D eigenvalue weighted by Crippen LogP contribution is 2.40. The molecule has 3 rings (SSSR count). The second-order valence-electron chi connectivity index (χ2n) is 6.70. The first-order valence-electron chi connectivity index (χ1n) is 7.76. The molecule has 4 atom stereocenters. The number of piperidine rings is 1. The summed E-state index contributed by atoms with van der Waals surface area (Å²) in [7, 11) is 0. The minimum Gasteiger partial charge on any atom is -0.390 e. The standard InChI is InChI=1S/C15H27NO2/c1-12-5-6-14(18-12)11-16-9-8-15(17)7-3-2-4-13(15)10-16/h12-14,17H,2-11H2,1H3. The maximum Gasteiger partial charge on any atom is 0.0706 e. The zero-order valence-electron chi connectivity index (χ0n) is 11.6. The fourth-order valence-corrected chi connectivity index (χ4v) is 4.11. The van der Waals surface area contributed by atoms with Crippen molar-refractivity contribution in [3.63, 3.8) is 0 Å². The first-order chi connectivity index (χ1) is 8.66. The van der Waals surface area contributed by atoms with E-state index in [4.69, 9.17) is 4.74 Å². The van der Waals surface area contributed by atoms with Crippen LogP contribution in [0.5, 0.6) is 0 Å². The normalized spacial score (nSPS) is 46.0. The predicted octanol–water partition coefficient (Wildman–Crippen LogP) is 2.18. The summed E-state index contributed by atoms with van der Waals surface area (Å²) in [5.41, 5.74) is -0.335. The first kappa shape index (κ1) is 12.9. The lowest BCUT2D eigenvalue weighted by Gasteiger charge is -2.47. The summed E-state index contributed by atoms with van der Waals surface area (Å²) in [4.78, 5) is 2.53. The highest BCUT2D eigenvalue weighted by atomic mass is 16.5. The van der Waals surface area contributed by atoms with Gasteiger partial charge in [-0.05, 0) is 39.0 Å². The van der Waals surface area contributed by atoms with Crippen LogP contribution in [-0.4, -0.2) is 47.4 Å². The maximum atomic E-state index is 10.7. The van der Waals surface area contributed by atoms with Crippen LogP contribution >= 0.6 is 0 Å². The molecule has 18 heavy (non-hydrogen) atoms. The Morgan fingerprint density at radius 1 is 1.22 bits per heavy atom. The van der Waals surface area contributed by atoms with Gasteiger partial charge in [0.25, 0.3) is 0 Å². The quantitative estimate of drug-likeness (QED) is 0.819. The third-order valence-electron chi connectivity index (χ3n) is 5.29. The molecule has 3 fully saturated rings. The summed E-state index contributed by atoms with van der Waals surface area (Å²) in [6.07, 6.45) is 9.06. The Hall–Kier alpha value is -0.120. The van der Waals surface area contributed by atoms with Crippen molar-refractivity contribution >= 4 is 0 Å². The van der Waals surface area contributed by atoms with E-state index in [9.17, 15) is 5.11 Å². The molecule has 0 radical (unpaired) electrons. The topological polar surface area (TPSA) is 32.7 Å². The van der Waals surface area contributed by atoms with Gasteiger partial charge in [-0.1, -0.05) is 12.8 Å². The van der Waals surface area contributed by atoms with Crippen LogP contribution in [0.25, 0.3) is 0 Å². The van der Waals surface area contributed by atoms with Gasteiger partial charge in [0.2, 0.25) is 0 Å². The van der Waals surface area contributed by atoms with E-state index in [1.165, 1.54) is 32.1 Å². The molecule has 3 heteroatoms. The third kappa shape index (κ3) is 2.59. The molecule has 3 nitrogen and oxygen atoms in total. The summed E-state index contributed by atoms with van der Waals surface area (Å²) >= 11 is 0. The Morgan fingerprint density at radius 3 is 2.89 bits per heavy atom. The molecule has 1 N–H and O–H groups in total. The summed E-state index contributed by atoms with van der Waals surface area (Å²) in [5.74, 6) is 0.513. The molecule has 0 aromatic carbocycles. The lowest BCUT2D eigenvalue weighted by molar-refractivity contribution is -0.102. The van der Waals surface area contributed by atoms with E-state index < -0.39 is 0 Å². The Labute approximate surface area is 110 Å². The molecule has 4 unspecified atom stereocenters. The van der Waals surface area contributed by atoms with E-state index in [2.05, 4.69) is 11.8 Å². The SMILES string of the molecule is CC1CCC(CN2CCC3(O)CCCCC3C2)O1. The van der Waals surface area contributed by atoms with Crippen LogP contribution in [0, 0.1) is 5.92 Å². The average Bonchev–Trinajstić information content (AvgIpc) is 2.75. The number of nitrogens with zero attached hydrogens (tertiary/aromatic N) is 1. The molecule has 0 spiro atoms. The molecule has 0 amide bonds. The number of hydrogen-bond acceptors (Lipinski definition) is 3. The van der Waals surface area contributed by atoms with Crippen molar-refractivity contribution < 1.29 is 9.84 Å². The smallest absolute Gasteiger partial charge is 0.0706 e. The molecule has 0 aromatic rings. The van der Waals surface area contributed by atoms with Gasteiger partial charge in [-0.2, -0.15) is 0 Å². The lowest BCUT2D eigenvalue weighted by Crippen LogP contribution is -2.54. The van der Waals surface area contributed by atoms with Crippen molar-refractivity contribution in [2.24, 2.45) is 5.92 Å². The number of ether oxygens (including phenoxy) is 1. The predicted molar refractivity (Wildman–Crippen MR) is 71.5 cm³/mol. The maximum absolute atomic E-state index is 10.7. The Bertz CT molecular complexity index is 296. The zero-order valence-corrected chi connectivity index (χ0v) is 11.6. The second kappa shape index (κ2) is 5.10. The van der Waals surface area contributed by atoms with E-state index in [0.717, 1.165) is 32.5 Å². The molecular formula is C15H27NO2. The van der Waals surface area contributed by atoms with E-state index in [1.54, 1.807) is 0 Å². The number of fused-ring (bicyclic) bond motifs is 1. The minimum absolute atomic E-state index is 0.335. The number of hydrogen-bond donors (Lipinski definition) is 1. The fraction of sp³-hybridized carbons (Fsp3) is 1.00. The third-order valence-corrected chi connectivity index (χ3v) is 5.29. The van der Waals surface area contributed by atoms with Crippen molar-refractivity contribution in [2.75, 3.05) is 19.6 Å². The highest BCUT2D eigenvalue weighted by molar-refractivity contribution is 4.96. The Morgan fingerprint density at radius 2 is 2.11 bits per heavy atom. The second-order valence-corrected chi connectivity index (χ2v) is 6.70. The number of likely N-dealkylation sites (tertiary alicyclic amines) is 1. The summed E-state index contributed by atoms with van der Waals surface area (Å²) < 4.78 is 5.92. The van der Waals surface area contributed by atoms with Gasteiger partial charge in [0, 0.05) is 25.6 Å². The van der Waals surface area contributed by atoms with Crippen molar-refractivity contribution in [3.8, 4) is 0 Å². The van der Waals surface area contributed by atoms with Gasteiger partial charge < -0.3 is 14.7 Å². The van der Waals surface area contributed by atoms with Crippen molar-refractivity contribution in [1.82, 2.24) is 4.90 Å². The van der Waals surface area contributed by atoms with Gasteiger partial charge in [0.15, 0.2) is 0 Å². The summed E-state index contributed by atoms with van der Waals surface area (Å²) in [6.45, 7) is 5.40. The summed E-state index contributed by atoms with van der Waals surface area (Å²) in [5, 5.41) is 10.7. The molecule has 1 aliphatic carbocycles. The van der Waals surface area contributed by atoms with Crippen LogP contribution < -0.4 is 0 Å². The molecule has 2 saturated heterocycles. The van der Waals surface area contributed by atoms with E-state index in [0.29, 0.717) is 18.1 Å². The molecular weight excluding hydrogens is 226 g/mol. The van der Waals surface area contributed by atoms with Crippen molar-refractivity contribution in [1.29, 1.82) is 0 Å². The van der Waals surface area contributed by atoms with E-state index in [-0.39, 0.29) is 5.60 Å². The van der Waals surface area contributed by atoms with Crippen molar-refractivity contribution in [3.05, 3.63) is 0 Å². The molecule has 0 bridgehead atoms. The lowest BCUT2D eigenvalue weighted by atomic mass is 9.71. The van der Waals surface area contributed by atoms with Gasteiger partial charge >= 0.3 is 0 Å². The number of rotatable bonds is 2. The Kier molecular flexibility index (Phi) is 3.65. The molecule has 0 aromatic heterocycles. The average molecular weight is 253 g/mol. The van der Waals surface area contributed by atoms with Crippen LogP contribution in [0.15, 0.2) is 0 Å². The van der Waals surface area contributed by atoms with E-state index in [1.807, 2.05) is 0 Å². The van der Waals surface area contributed by atoms with Crippen molar-refractivity contribution in [2.45, 2.75) is 69.7 Å². The van der Waals surface area contributed by atoms with Gasteiger partial charge in [0.1, 0.15) is 0 Å². The van der Waals surface area contributed by atoms with Gasteiger partial charge in [-0.3, -0.25) is 0 Å². The fourth-order valence-electron chi connectivity index (χ4n) is 4.11. The van der Waals surface area contributed by atoms with E-state index >= 15 is 0 Å². The molecule has 104 valence electrons. The van der Waals surface area contributed by atoms with Gasteiger partial charge in [-0.15, -0.1) is 0 Å². The molecule has 3 aliphatic rings. The summed E-state index contributed by atoms with van der Waals surface area (Å²) in [6, 6.07) is 0. The monoisotopic (exact) mass is 253 g/mol. The molecule has 1 saturated carbocycles. The first-order valence-corrected chi connectivity index (χ1v) is 7.76. The molecule has 2 aliphatic heterocycles. The van der Waals surface area contributed by atoms with Crippen LogP contribution in [0.3, 0.4) is 0 Å². The largest absolute Gasteiger partial charge is 0.390 e.